The predicted octanol–water partition coefficient (Wildman–Crippen LogP) is 0.983. The summed E-state index contributed by atoms with van der Waals surface area (Å²) in [5.41, 5.74) is 2.85. The van der Waals surface area contributed by atoms with Crippen LogP contribution >= 0.6 is 0 Å². The molecule has 2 aliphatic heterocycles. The van der Waals surface area contributed by atoms with Gasteiger partial charge in [-0.2, -0.15) is 5.10 Å². The summed E-state index contributed by atoms with van der Waals surface area (Å²) in [4.78, 5) is 26.6. The van der Waals surface area contributed by atoms with E-state index in [-0.39, 0.29) is 24.8 Å². The number of fused-ring (bicyclic) bond motifs is 2. The van der Waals surface area contributed by atoms with E-state index in [1.807, 2.05) is 0 Å². The van der Waals surface area contributed by atoms with Gasteiger partial charge in [0.1, 0.15) is 5.82 Å². The molecule has 25 heavy (non-hydrogen) atoms. The van der Waals surface area contributed by atoms with E-state index in [1.54, 1.807) is 21.8 Å². The highest BCUT2D eigenvalue weighted by atomic mass is 19.1. The van der Waals surface area contributed by atoms with Gasteiger partial charge in [-0.05, 0) is 17.7 Å². The Labute approximate surface area is 143 Å². The Bertz CT molecular complexity index is 864. The fourth-order valence-electron chi connectivity index (χ4n) is 3.53. The van der Waals surface area contributed by atoms with E-state index in [0.29, 0.717) is 30.9 Å². The van der Waals surface area contributed by atoms with E-state index in [1.165, 1.54) is 12.1 Å². The molecule has 8 heteroatoms. The van der Waals surface area contributed by atoms with E-state index in [2.05, 4.69) is 10.4 Å². The van der Waals surface area contributed by atoms with Gasteiger partial charge in [0.15, 0.2) is 0 Å². The molecule has 2 aromatic rings. The molecule has 0 aliphatic carbocycles. The smallest absolute Gasteiger partial charge is 0.231 e. The highest BCUT2D eigenvalue weighted by Crippen LogP contribution is 2.36. The number of anilines is 1. The Hall–Kier alpha value is -2.74. The SMILES string of the molecule is O=C1CC(C(=O)N2Cc3cnn(CCO)c3C2)c2ccc(F)cc2N1. The minimum Gasteiger partial charge on any atom is -0.394 e. The topological polar surface area (TPSA) is 87.5 Å². The molecule has 2 N–H and O–H groups in total. The minimum atomic E-state index is -0.618. The van der Waals surface area contributed by atoms with Crippen molar-refractivity contribution in [1.29, 1.82) is 0 Å². The summed E-state index contributed by atoms with van der Waals surface area (Å²) in [5.74, 6) is -1.52. The van der Waals surface area contributed by atoms with Crippen molar-refractivity contribution in [2.75, 3.05) is 11.9 Å². The van der Waals surface area contributed by atoms with Crippen molar-refractivity contribution in [2.24, 2.45) is 0 Å². The average molecular weight is 344 g/mol. The summed E-state index contributed by atoms with van der Waals surface area (Å²) in [6, 6.07) is 4.10. The largest absolute Gasteiger partial charge is 0.394 e. The molecule has 1 unspecified atom stereocenters. The van der Waals surface area contributed by atoms with Gasteiger partial charge < -0.3 is 15.3 Å². The van der Waals surface area contributed by atoms with E-state index in [0.717, 1.165) is 11.3 Å². The first-order valence-electron chi connectivity index (χ1n) is 8.09. The zero-order chi connectivity index (χ0) is 17.6. The van der Waals surface area contributed by atoms with Crippen molar-refractivity contribution in [3.8, 4) is 0 Å². The zero-order valence-corrected chi connectivity index (χ0v) is 13.4. The Morgan fingerprint density at radius 3 is 3.04 bits per heavy atom. The molecular formula is C17H17FN4O3. The summed E-state index contributed by atoms with van der Waals surface area (Å²) in [6.45, 7) is 1.17. The summed E-state index contributed by atoms with van der Waals surface area (Å²) in [6.07, 6.45) is 1.75. The Kier molecular flexibility index (Phi) is 3.76. The van der Waals surface area contributed by atoms with Crippen LogP contribution in [0.1, 0.15) is 29.2 Å². The van der Waals surface area contributed by atoms with E-state index >= 15 is 0 Å². The van der Waals surface area contributed by atoms with Gasteiger partial charge in [-0.3, -0.25) is 14.3 Å². The van der Waals surface area contributed by atoms with Gasteiger partial charge in [0, 0.05) is 24.2 Å². The number of carbonyl (C=O) groups excluding carboxylic acids is 2. The first-order chi connectivity index (χ1) is 12.1. The molecule has 4 rings (SSSR count). The summed E-state index contributed by atoms with van der Waals surface area (Å²) < 4.78 is 15.1. The zero-order valence-electron chi connectivity index (χ0n) is 13.4. The van der Waals surface area contributed by atoms with Crippen LogP contribution in [0, 0.1) is 5.82 Å². The van der Waals surface area contributed by atoms with Gasteiger partial charge in [0.2, 0.25) is 11.8 Å². The number of rotatable bonds is 3. The fourth-order valence-corrected chi connectivity index (χ4v) is 3.53. The van der Waals surface area contributed by atoms with Crippen LogP contribution in [0.3, 0.4) is 0 Å². The van der Waals surface area contributed by atoms with Crippen molar-refractivity contribution in [3.63, 3.8) is 0 Å². The molecule has 0 spiro atoms. The molecule has 1 atom stereocenters. The van der Waals surface area contributed by atoms with Gasteiger partial charge in [-0.15, -0.1) is 0 Å². The quantitative estimate of drug-likeness (QED) is 0.869. The van der Waals surface area contributed by atoms with Crippen LogP contribution in [0.15, 0.2) is 24.4 Å². The molecule has 0 saturated heterocycles. The van der Waals surface area contributed by atoms with Crippen molar-refractivity contribution >= 4 is 17.5 Å². The molecule has 2 aliphatic rings. The van der Waals surface area contributed by atoms with Crippen LogP contribution in [-0.4, -0.2) is 38.2 Å². The molecule has 0 radical (unpaired) electrons. The monoisotopic (exact) mass is 344 g/mol. The van der Waals surface area contributed by atoms with Gasteiger partial charge in [0.05, 0.1) is 37.5 Å². The van der Waals surface area contributed by atoms with E-state index in [9.17, 15) is 14.0 Å². The van der Waals surface area contributed by atoms with Crippen LogP contribution in [0.4, 0.5) is 10.1 Å². The maximum atomic E-state index is 13.4. The minimum absolute atomic E-state index is 0.0240. The third-order valence-corrected chi connectivity index (χ3v) is 4.71. The van der Waals surface area contributed by atoms with Gasteiger partial charge in [-0.1, -0.05) is 6.07 Å². The first-order valence-corrected chi connectivity index (χ1v) is 8.09. The second-order valence-electron chi connectivity index (χ2n) is 6.29. The Balaban J connectivity index is 1.59. The van der Waals surface area contributed by atoms with E-state index in [4.69, 9.17) is 5.11 Å². The van der Waals surface area contributed by atoms with Gasteiger partial charge in [-0.25, -0.2) is 4.39 Å². The molecule has 7 nitrogen and oxygen atoms in total. The lowest BCUT2D eigenvalue weighted by molar-refractivity contribution is -0.135. The van der Waals surface area contributed by atoms with Crippen LogP contribution in [-0.2, 0) is 29.2 Å². The van der Waals surface area contributed by atoms with E-state index < -0.39 is 11.7 Å². The van der Waals surface area contributed by atoms with Crippen molar-refractivity contribution in [2.45, 2.75) is 32.0 Å². The summed E-state index contributed by atoms with van der Waals surface area (Å²) in [5, 5.41) is 15.9. The second-order valence-corrected chi connectivity index (χ2v) is 6.29. The number of aromatic nitrogens is 2. The van der Waals surface area contributed by atoms with Crippen LogP contribution in [0.2, 0.25) is 0 Å². The molecule has 2 amide bonds. The number of amides is 2. The lowest BCUT2D eigenvalue weighted by Crippen LogP contribution is -2.36. The Morgan fingerprint density at radius 2 is 2.24 bits per heavy atom. The maximum Gasteiger partial charge on any atom is 0.231 e. The summed E-state index contributed by atoms with van der Waals surface area (Å²) in [7, 11) is 0. The third kappa shape index (κ3) is 2.68. The first kappa shape index (κ1) is 15.8. The van der Waals surface area contributed by atoms with Gasteiger partial charge >= 0.3 is 0 Å². The molecule has 0 bridgehead atoms. The van der Waals surface area contributed by atoms with Crippen molar-refractivity contribution < 1.29 is 19.1 Å². The second kappa shape index (κ2) is 5.96. The molecule has 3 heterocycles. The molecule has 1 aromatic carbocycles. The molecule has 0 saturated carbocycles. The number of aliphatic hydroxyl groups is 1. The predicted molar refractivity (Wildman–Crippen MR) is 86.0 cm³/mol. The number of nitrogens with zero attached hydrogens (tertiary/aromatic N) is 3. The van der Waals surface area contributed by atoms with Crippen LogP contribution in [0.25, 0.3) is 0 Å². The number of carbonyl (C=O) groups is 2. The number of benzene rings is 1. The number of halogens is 1. The maximum absolute atomic E-state index is 13.4. The molecular weight excluding hydrogens is 327 g/mol. The molecule has 130 valence electrons. The van der Waals surface area contributed by atoms with Gasteiger partial charge in [0.25, 0.3) is 0 Å². The standard InChI is InChI=1S/C17H17FN4O3/c18-11-1-2-12-13(6-16(24)20-14(12)5-11)17(25)21-8-10-7-19-22(3-4-23)15(10)9-21/h1-2,5,7,13,23H,3-4,6,8-9H2,(H,20,24). The third-order valence-electron chi connectivity index (χ3n) is 4.71. The average Bonchev–Trinajstić information content (AvgIpc) is 3.15. The van der Waals surface area contributed by atoms with Crippen LogP contribution in [0.5, 0.6) is 0 Å². The highest BCUT2D eigenvalue weighted by molar-refractivity contribution is 6.01. The number of hydrogen-bond donors (Lipinski definition) is 2. The Morgan fingerprint density at radius 1 is 1.40 bits per heavy atom. The highest BCUT2D eigenvalue weighted by Gasteiger charge is 2.36. The lowest BCUT2D eigenvalue weighted by atomic mass is 9.89. The number of hydrogen-bond acceptors (Lipinski definition) is 4. The van der Waals surface area contributed by atoms with Crippen LogP contribution < -0.4 is 5.32 Å². The van der Waals surface area contributed by atoms with Crippen molar-refractivity contribution in [1.82, 2.24) is 14.7 Å². The fraction of sp³-hybridized carbons (Fsp3) is 0.353. The normalized spacial score (nSPS) is 18.7. The van der Waals surface area contributed by atoms with Crippen molar-refractivity contribution in [3.05, 3.63) is 47.0 Å². The summed E-state index contributed by atoms with van der Waals surface area (Å²) >= 11 is 0. The molecule has 1 aromatic heterocycles. The number of nitrogens with one attached hydrogen (secondary N) is 1. The number of aliphatic hydroxyl groups excluding tert-OH is 1. The lowest BCUT2D eigenvalue weighted by Gasteiger charge is -2.28. The molecule has 0 fully saturated rings.